The van der Waals surface area contributed by atoms with Crippen molar-refractivity contribution in [3.63, 3.8) is 0 Å². The molecule has 2 atom stereocenters. The number of aliphatic imine (C=N–C) groups is 2. The molecule has 2 aliphatic carbocycles. The van der Waals surface area contributed by atoms with Crippen LogP contribution in [0.1, 0.15) is 96.6 Å². The third kappa shape index (κ3) is 12.1. The summed E-state index contributed by atoms with van der Waals surface area (Å²) in [4.78, 5) is 9.13. The highest BCUT2D eigenvalue weighted by molar-refractivity contribution is 5.81. The predicted octanol–water partition coefficient (Wildman–Crippen LogP) is 10.2. The molecule has 0 aliphatic heterocycles. The van der Waals surface area contributed by atoms with Gasteiger partial charge in [-0.15, -0.1) is 0 Å². The van der Waals surface area contributed by atoms with Crippen LogP contribution in [0, 0.1) is 0 Å². The topological polar surface area (TPSA) is 43.2 Å². The molecular weight excluding hydrogens is 528 g/mol. The number of benzene rings is 2. The second-order valence-electron chi connectivity index (χ2n) is 11.3. The maximum absolute atomic E-state index is 6.15. The monoisotopic (exact) mass is 580 g/mol. The van der Waals surface area contributed by atoms with Crippen LogP contribution in [0.3, 0.4) is 0 Å². The van der Waals surface area contributed by atoms with Crippen molar-refractivity contribution < 1.29 is 9.47 Å². The van der Waals surface area contributed by atoms with Gasteiger partial charge in [0.05, 0.1) is 22.6 Å². The van der Waals surface area contributed by atoms with Gasteiger partial charge in [-0.2, -0.15) is 0 Å². The second-order valence-corrected chi connectivity index (χ2v) is 11.3. The first-order valence-electron chi connectivity index (χ1n) is 16.3. The molecule has 2 aromatic carbocycles. The summed E-state index contributed by atoms with van der Waals surface area (Å²) in [6.07, 6.45) is 26.7. The molecule has 2 aliphatic rings. The largest absolute Gasteiger partial charge is 0.371 e. The zero-order valence-corrected chi connectivity index (χ0v) is 26.9. The fourth-order valence-electron chi connectivity index (χ4n) is 5.14. The summed E-state index contributed by atoms with van der Waals surface area (Å²) in [5, 5.41) is 0. The average molecular weight is 581 g/mol. The van der Waals surface area contributed by atoms with Crippen LogP contribution in [-0.4, -0.2) is 36.8 Å². The zero-order chi connectivity index (χ0) is 30.6. The summed E-state index contributed by atoms with van der Waals surface area (Å²) >= 11 is 0. The molecule has 0 amide bonds. The summed E-state index contributed by atoms with van der Waals surface area (Å²) in [5.41, 5.74) is 4.07. The first-order chi connectivity index (χ1) is 21.1. The van der Waals surface area contributed by atoms with Crippen LogP contribution in [-0.2, 0) is 9.47 Å². The van der Waals surface area contributed by atoms with Gasteiger partial charge >= 0.3 is 0 Å². The molecule has 4 heteroatoms. The van der Waals surface area contributed by atoms with Crippen LogP contribution in [0.25, 0.3) is 0 Å². The van der Waals surface area contributed by atoms with Gasteiger partial charge in [0.15, 0.2) is 0 Å². The zero-order valence-electron chi connectivity index (χ0n) is 26.9. The number of nitrogens with zero attached hydrogens (tertiary/aromatic N) is 2. The van der Waals surface area contributed by atoms with E-state index in [0.29, 0.717) is 0 Å². The van der Waals surface area contributed by atoms with Crippen LogP contribution in [0.15, 0.2) is 118 Å². The number of unbranched alkanes of at least 4 members (excludes halogenated alkanes) is 2. The lowest BCUT2D eigenvalue weighted by Crippen LogP contribution is -2.31. The Morgan fingerprint density at radius 1 is 0.628 bits per heavy atom. The van der Waals surface area contributed by atoms with Crippen molar-refractivity contribution >= 4 is 12.4 Å². The minimum absolute atomic E-state index is 0.113. The summed E-state index contributed by atoms with van der Waals surface area (Å²) in [5.74, 6) is 0. The van der Waals surface area contributed by atoms with Crippen molar-refractivity contribution in [3.8, 4) is 0 Å². The molecule has 2 aromatic rings. The van der Waals surface area contributed by atoms with Crippen molar-refractivity contribution in [2.75, 3.05) is 13.2 Å². The van der Waals surface area contributed by atoms with Crippen LogP contribution < -0.4 is 0 Å². The Morgan fingerprint density at radius 3 is 1.47 bits per heavy atom. The molecule has 0 heterocycles. The van der Waals surface area contributed by atoms with Crippen molar-refractivity contribution in [1.82, 2.24) is 0 Å². The molecule has 0 saturated heterocycles. The normalized spacial score (nSPS) is 21.5. The lowest BCUT2D eigenvalue weighted by Gasteiger charge is -2.32. The SMILES string of the molecule is CCCCC1(OCC)C=CC(N=Cc2ccccc2)=CC1.CCCCC1(OCCC)C=CC(N=Cc2ccccc2)=CC1. The lowest BCUT2D eigenvalue weighted by molar-refractivity contribution is -0.0145. The summed E-state index contributed by atoms with van der Waals surface area (Å²) in [6.45, 7) is 10.2. The van der Waals surface area contributed by atoms with Gasteiger partial charge in [-0.1, -0.05) is 131 Å². The molecule has 0 radical (unpaired) electrons. The Hall–Kier alpha value is -3.34. The van der Waals surface area contributed by atoms with E-state index < -0.39 is 0 Å². The lowest BCUT2D eigenvalue weighted by atomic mass is 9.88. The van der Waals surface area contributed by atoms with Gasteiger partial charge in [0.2, 0.25) is 0 Å². The first kappa shape index (κ1) is 34.2. The molecule has 0 saturated carbocycles. The van der Waals surface area contributed by atoms with Gasteiger partial charge in [0.25, 0.3) is 0 Å². The molecule has 4 rings (SSSR count). The molecular formula is C39H52N2O2. The van der Waals surface area contributed by atoms with E-state index in [1.54, 1.807) is 0 Å². The quantitative estimate of drug-likeness (QED) is 0.197. The maximum atomic E-state index is 6.15. The molecule has 43 heavy (non-hydrogen) atoms. The number of hydrogen-bond acceptors (Lipinski definition) is 4. The number of ether oxygens (including phenoxy) is 2. The Kier molecular flexibility index (Phi) is 15.1. The minimum atomic E-state index is -0.115. The molecule has 0 fully saturated rings. The van der Waals surface area contributed by atoms with Crippen molar-refractivity contribution in [2.24, 2.45) is 9.98 Å². The third-order valence-electron chi connectivity index (χ3n) is 7.69. The number of allylic oxidation sites excluding steroid dienone is 2. The smallest absolute Gasteiger partial charge is 0.0901 e. The average Bonchev–Trinajstić information content (AvgIpc) is 3.06. The van der Waals surface area contributed by atoms with Crippen molar-refractivity contribution in [2.45, 2.75) is 96.7 Å². The van der Waals surface area contributed by atoms with Crippen LogP contribution in [0.2, 0.25) is 0 Å². The predicted molar refractivity (Wildman–Crippen MR) is 184 cm³/mol. The van der Waals surface area contributed by atoms with Crippen LogP contribution in [0.4, 0.5) is 0 Å². The summed E-state index contributed by atoms with van der Waals surface area (Å²) in [7, 11) is 0. The van der Waals surface area contributed by atoms with E-state index in [1.807, 2.05) is 48.8 Å². The second kappa shape index (κ2) is 19.0. The molecule has 0 aromatic heterocycles. The van der Waals surface area contributed by atoms with E-state index in [-0.39, 0.29) is 11.2 Å². The Bertz CT molecular complexity index is 1230. The fourth-order valence-corrected chi connectivity index (χ4v) is 5.14. The van der Waals surface area contributed by atoms with Gasteiger partial charge in [0.1, 0.15) is 0 Å². The first-order valence-corrected chi connectivity index (χ1v) is 16.3. The van der Waals surface area contributed by atoms with E-state index in [9.17, 15) is 0 Å². The van der Waals surface area contributed by atoms with Gasteiger partial charge in [0, 0.05) is 38.5 Å². The van der Waals surface area contributed by atoms with Crippen LogP contribution in [0.5, 0.6) is 0 Å². The molecule has 0 N–H and O–H groups in total. The van der Waals surface area contributed by atoms with E-state index in [4.69, 9.17) is 9.47 Å². The highest BCUT2D eigenvalue weighted by Crippen LogP contribution is 2.32. The fraction of sp³-hybridized carbons (Fsp3) is 0.436. The highest BCUT2D eigenvalue weighted by Gasteiger charge is 2.29. The van der Waals surface area contributed by atoms with E-state index >= 15 is 0 Å². The van der Waals surface area contributed by atoms with E-state index in [1.165, 1.54) is 25.7 Å². The minimum Gasteiger partial charge on any atom is -0.371 e. The molecule has 230 valence electrons. The standard InChI is InChI=1S/C20H27NO.C19H25NO/c1-3-5-13-20(22-16-4-2)14-11-19(12-15-20)21-17-18-9-7-6-8-10-18;1-3-5-13-19(21-4-2)14-11-18(12-15-19)20-16-17-9-7-6-8-10-17/h6-12,14,17H,3-5,13,15-16H2,1-2H3;6-12,14,16H,3-5,13,15H2,1-2H3. The summed E-state index contributed by atoms with van der Waals surface area (Å²) < 4.78 is 12.2. The molecule has 4 nitrogen and oxygen atoms in total. The number of hydrogen-bond donors (Lipinski definition) is 0. The van der Waals surface area contributed by atoms with Crippen molar-refractivity contribution in [3.05, 3.63) is 120 Å². The van der Waals surface area contributed by atoms with Gasteiger partial charge in [-0.25, -0.2) is 0 Å². The van der Waals surface area contributed by atoms with Crippen LogP contribution >= 0.6 is 0 Å². The van der Waals surface area contributed by atoms with Gasteiger partial charge in [-0.05, 0) is 49.5 Å². The highest BCUT2D eigenvalue weighted by atomic mass is 16.5. The third-order valence-corrected chi connectivity index (χ3v) is 7.69. The Labute approximate surface area is 261 Å². The maximum Gasteiger partial charge on any atom is 0.0901 e. The molecule has 2 unspecified atom stereocenters. The van der Waals surface area contributed by atoms with E-state index in [2.05, 4.69) is 98.4 Å². The molecule has 0 spiro atoms. The Balaban J connectivity index is 0.000000236. The molecule has 0 bridgehead atoms. The Morgan fingerprint density at radius 2 is 1.09 bits per heavy atom. The van der Waals surface area contributed by atoms with Gasteiger partial charge in [-0.3, -0.25) is 9.98 Å². The van der Waals surface area contributed by atoms with Crippen molar-refractivity contribution in [1.29, 1.82) is 0 Å². The van der Waals surface area contributed by atoms with Gasteiger partial charge < -0.3 is 9.47 Å². The number of rotatable bonds is 15. The summed E-state index contributed by atoms with van der Waals surface area (Å²) in [6, 6.07) is 20.4. The van der Waals surface area contributed by atoms with E-state index in [0.717, 1.165) is 67.8 Å².